The van der Waals surface area contributed by atoms with Crippen LogP contribution in [-0.2, 0) is 0 Å². The highest BCUT2D eigenvalue weighted by atomic mass is 19.1. The second kappa shape index (κ2) is 5.95. The van der Waals surface area contributed by atoms with Crippen molar-refractivity contribution in [3.8, 4) is 0 Å². The van der Waals surface area contributed by atoms with Gasteiger partial charge in [0.25, 0.3) is 5.56 Å². The number of hydrogen-bond donors (Lipinski definition) is 2. The van der Waals surface area contributed by atoms with Crippen LogP contribution in [0, 0.1) is 5.82 Å². The molecule has 0 aliphatic carbocycles. The van der Waals surface area contributed by atoms with Gasteiger partial charge in [-0.2, -0.15) is 0 Å². The maximum atomic E-state index is 13.3. The molecule has 2 N–H and O–H groups in total. The third-order valence-corrected chi connectivity index (χ3v) is 4.34. The Morgan fingerprint density at radius 1 is 1.29 bits per heavy atom. The highest BCUT2D eigenvalue weighted by molar-refractivity contribution is 5.85. The number of fused-ring (bicyclic) bond motifs is 1. The summed E-state index contributed by atoms with van der Waals surface area (Å²) in [6.07, 6.45) is 3.74. The Bertz CT molecular complexity index is 690. The minimum Gasteiger partial charge on any atom is -0.395 e. The molecule has 112 valence electrons. The number of aliphatic hydroxyl groups excluding tert-OH is 1. The Morgan fingerprint density at radius 3 is 2.76 bits per heavy atom. The molecule has 1 fully saturated rings. The molecule has 4 nitrogen and oxygen atoms in total. The monoisotopic (exact) mass is 290 g/mol. The molecule has 1 aliphatic rings. The third-order valence-electron chi connectivity index (χ3n) is 4.34. The summed E-state index contributed by atoms with van der Waals surface area (Å²) < 4.78 is 13.3. The minimum atomic E-state index is -0.386. The molecule has 2 heterocycles. The molecular weight excluding hydrogens is 271 g/mol. The second-order valence-electron chi connectivity index (χ2n) is 5.60. The van der Waals surface area contributed by atoms with Gasteiger partial charge in [0, 0.05) is 12.7 Å². The lowest BCUT2D eigenvalue weighted by atomic mass is 9.87. The van der Waals surface area contributed by atoms with Crippen molar-refractivity contribution in [1.29, 1.82) is 0 Å². The molecule has 21 heavy (non-hydrogen) atoms. The number of β-amino-alcohol motifs (C(OH)–C–C–N with tert-alkyl or cyclic N) is 1. The van der Waals surface area contributed by atoms with Crippen molar-refractivity contribution in [2.24, 2.45) is 0 Å². The molecule has 1 aliphatic heterocycles. The average Bonchev–Trinajstić information content (AvgIpc) is 2.50. The van der Waals surface area contributed by atoms with Crippen LogP contribution in [0.3, 0.4) is 0 Å². The van der Waals surface area contributed by atoms with Crippen molar-refractivity contribution in [2.45, 2.75) is 18.8 Å². The third kappa shape index (κ3) is 2.84. The zero-order chi connectivity index (χ0) is 14.8. The molecule has 1 aromatic heterocycles. The van der Waals surface area contributed by atoms with E-state index in [1.165, 1.54) is 12.1 Å². The number of rotatable bonds is 3. The number of H-pyrrole nitrogens is 1. The summed E-state index contributed by atoms with van der Waals surface area (Å²) in [6.45, 7) is 2.77. The first kappa shape index (κ1) is 14.2. The Labute approximate surface area is 122 Å². The molecule has 0 amide bonds. The second-order valence-corrected chi connectivity index (χ2v) is 5.60. The van der Waals surface area contributed by atoms with Crippen LogP contribution in [0.25, 0.3) is 10.8 Å². The Balaban J connectivity index is 1.91. The zero-order valence-corrected chi connectivity index (χ0v) is 11.8. The molecule has 0 unspecified atom stereocenters. The molecule has 2 aromatic rings. The SMILES string of the molecule is O=c1[nH]cc(C2CCN(CCO)CC2)c2ccc(F)cc12. The van der Waals surface area contributed by atoms with E-state index in [2.05, 4.69) is 9.88 Å². The molecule has 5 heteroatoms. The van der Waals surface area contributed by atoms with Crippen molar-refractivity contribution in [3.63, 3.8) is 0 Å². The molecule has 0 saturated carbocycles. The van der Waals surface area contributed by atoms with E-state index in [4.69, 9.17) is 5.11 Å². The summed E-state index contributed by atoms with van der Waals surface area (Å²) in [7, 11) is 0. The summed E-state index contributed by atoms with van der Waals surface area (Å²) in [6, 6.07) is 4.42. The van der Waals surface area contributed by atoms with Crippen molar-refractivity contribution in [1.82, 2.24) is 9.88 Å². The van der Waals surface area contributed by atoms with Crippen LogP contribution < -0.4 is 5.56 Å². The number of aromatic amines is 1. The molecule has 0 bridgehead atoms. The number of nitrogens with one attached hydrogen (secondary N) is 1. The number of aromatic nitrogens is 1. The van der Waals surface area contributed by atoms with Gasteiger partial charge in [-0.25, -0.2) is 4.39 Å². The molecule has 1 aromatic carbocycles. The predicted octanol–water partition coefficient (Wildman–Crippen LogP) is 1.84. The van der Waals surface area contributed by atoms with Gasteiger partial charge in [0.15, 0.2) is 0 Å². The quantitative estimate of drug-likeness (QED) is 0.907. The van der Waals surface area contributed by atoms with E-state index in [1.54, 1.807) is 12.3 Å². The first-order valence-electron chi connectivity index (χ1n) is 7.33. The number of pyridine rings is 1. The minimum absolute atomic E-state index is 0.186. The summed E-state index contributed by atoms with van der Waals surface area (Å²) >= 11 is 0. The summed E-state index contributed by atoms with van der Waals surface area (Å²) in [5, 5.41) is 10.3. The van der Waals surface area contributed by atoms with Crippen molar-refractivity contribution >= 4 is 10.8 Å². The van der Waals surface area contributed by atoms with Gasteiger partial charge in [0.1, 0.15) is 5.82 Å². The van der Waals surface area contributed by atoms with Crippen LogP contribution in [0.4, 0.5) is 4.39 Å². The van der Waals surface area contributed by atoms with Crippen LogP contribution in [0.1, 0.15) is 24.3 Å². The highest BCUT2D eigenvalue weighted by Crippen LogP contribution is 2.31. The van der Waals surface area contributed by atoms with E-state index in [-0.39, 0.29) is 18.0 Å². The van der Waals surface area contributed by atoms with Gasteiger partial charge < -0.3 is 15.0 Å². The number of likely N-dealkylation sites (tertiary alicyclic amines) is 1. The number of aliphatic hydroxyl groups is 1. The van der Waals surface area contributed by atoms with Crippen LogP contribution in [0.2, 0.25) is 0 Å². The average molecular weight is 290 g/mol. The number of piperidine rings is 1. The van der Waals surface area contributed by atoms with Gasteiger partial charge in [-0.3, -0.25) is 4.79 Å². The number of hydrogen-bond acceptors (Lipinski definition) is 3. The highest BCUT2D eigenvalue weighted by Gasteiger charge is 2.22. The van der Waals surface area contributed by atoms with Crippen LogP contribution >= 0.6 is 0 Å². The fourth-order valence-corrected chi connectivity index (χ4v) is 3.20. The van der Waals surface area contributed by atoms with Gasteiger partial charge in [-0.05, 0) is 54.9 Å². The van der Waals surface area contributed by atoms with Gasteiger partial charge in [0.2, 0.25) is 0 Å². The lowest BCUT2D eigenvalue weighted by molar-refractivity contribution is 0.164. The Kier molecular flexibility index (Phi) is 4.03. The smallest absolute Gasteiger partial charge is 0.255 e. The lowest BCUT2D eigenvalue weighted by Gasteiger charge is -2.32. The molecule has 3 rings (SSSR count). The molecule has 1 saturated heterocycles. The number of nitrogens with zero attached hydrogens (tertiary/aromatic N) is 1. The lowest BCUT2D eigenvalue weighted by Crippen LogP contribution is -2.35. The van der Waals surface area contributed by atoms with E-state index in [0.29, 0.717) is 17.8 Å². The Hall–Kier alpha value is -1.72. The summed E-state index contributed by atoms with van der Waals surface area (Å²) in [4.78, 5) is 16.8. The molecule has 0 atom stereocenters. The molecule has 0 spiro atoms. The fourth-order valence-electron chi connectivity index (χ4n) is 3.20. The first-order chi connectivity index (χ1) is 10.2. The standard InChI is InChI=1S/C16H19FN2O2/c17-12-1-2-13-14(9-12)16(21)18-10-15(13)11-3-5-19(6-4-11)7-8-20/h1-2,9-11,20H,3-8H2,(H,18,21). The normalized spacial score (nSPS) is 17.4. The zero-order valence-electron chi connectivity index (χ0n) is 11.8. The predicted molar refractivity (Wildman–Crippen MR) is 80.0 cm³/mol. The van der Waals surface area contributed by atoms with Gasteiger partial charge in [-0.1, -0.05) is 6.07 Å². The first-order valence-corrected chi connectivity index (χ1v) is 7.33. The number of halogens is 1. The maximum Gasteiger partial charge on any atom is 0.255 e. The van der Waals surface area contributed by atoms with Crippen LogP contribution in [0.15, 0.2) is 29.2 Å². The summed E-state index contributed by atoms with van der Waals surface area (Å²) in [5.41, 5.74) is 0.846. The van der Waals surface area contributed by atoms with Gasteiger partial charge >= 0.3 is 0 Å². The maximum absolute atomic E-state index is 13.3. The van der Waals surface area contributed by atoms with Gasteiger partial charge in [0.05, 0.1) is 12.0 Å². The number of benzene rings is 1. The van der Waals surface area contributed by atoms with Crippen molar-refractivity contribution < 1.29 is 9.50 Å². The van der Waals surface area contributed by atoms with E-state index < -0.39 is 0 Å². The Morgan fingerprint density at radius 2 is 2.05 bits per heavy atom. The van der Waals surface area contributed by atoms with E-state index in [0.717, 1.165) is 36.9 Å². The molecule has 0 radical (unpaired) electrons. The van der Waals surface area contributed by atoms with Crippen LogP contribution in [-0.4, -0.2) is 41.2 Å². The fraction of sp³-hybridized carbons (Fsp3) is 0.438. The van der Waals surface area contributed by atoms with Crippen molar-refractivity contribution in [3.05, 3.63) is 46.1 Å². The summed E-state index contributed by atoms with van der Waals surface area (Å²) in [5.74, 6) is -0.0207. The largest absolute Gasteiger partial charge is 0.395 e. The van der Waals surface area contributed by atoms with Crippen molar-refractivity contribution in [2.75, 3.05) is 26.2 Å². The van der Waals surface area contributed by atoms with E-state index in [9.17, 15) is 9.18 Å². The van der Waals surface area contributed by atoms with E-state index in [1.807, 2.05) is 0 Å². The van der Waals surface area contributed by atoms with Crippen LogP contribution in [0.5, 0.6) is 0 Å². The topological polar surface area (TPSA) is 56.3 Å². The van der Waals surface area contributed by atoms with E-state index >= 15 is 0 Å². The molecular formula is C16H19FN2O2. The van der Waals surface area contributed by atoms with Gasteiger partial charge in [-0.15, -0.1) is 0 Å².